The number of aromatic nitrogens is 1. The second kappa shape index (κ2) is 5.97. The molecule has 0 aliphatic heterocycles. The van der Waals surface area contributed by atoms with Crippen LogP contribution in [-0.4, -0.2) is 11.0 Å². The lowest BCUT2D eigenvalue weighted by Crippen LogP contribution is -2.09. The number of hydrogen-bond donors (Lipinski definition) is 0. The highest BCUT2D eigenvalue weighted by molar-refractivity contribution is 6.41. The van der Waals surface area contributed by atoms with Gasteiger partial charge in [0.05, 0.1) is 15.6 Å². The lowest BCUT2D eigenvalue weighted by Gasteiger charge is -2.06. The largest absolute Gasteiger partial charge is 0.421 e. The molecule has 0 saturated carbocycles. The fourth-order valence-electron chi connectivity index (χ4n) is 1.25. The molecule has 19 heavy (non-hydrogen) atoms. The van der Waals surface area contributed by atoms with Crippen molar-refractivity contribution in [1.82, 2.24) is 4.98 Å². The summed E-state index contributed by atoms with van der Waals surface area (Å²) in [6.07, 6.45) is 1.26. The topological polar surface area (TPSA) is 39.2 Å². The van der Waals surface area contributed by atoms with Gasteiger partial charge in [-0.25, -0.2) is 9.78 Å². The van der Waals surface area contributed by atoms with Gasteiger partial charge in [-0.3, -0.25) is 0 Å². The Hall–Kier alpha value is -1.000. The number of nitrogens with zero attached hydrogens (tertiary/aromatic N) is 1. The first-order valence-corrected chi connectivity index (χ1v) is 6.47. The average molecular weight is 337 g/mol. The summed E-state index contributed by atoms with van der Waals surface area (Å²) in [6.45, 7) is 0. The quantitative estimate of drug-likeness (QED) is 0.444. The van der Waals surface area contributed by atoms with Crippen LogP contribution >= 0.6 is 46.4 Å². The molecule has 2 aromatic rings. The Labute approximate surface area is 129 Å². The number of carbonyl (C=O) groups is 1. The molecular weight excluding hydrogens is 332 g/mol. The van der Waals surface area contributed by atoms with Crippen LogP contribution in [0.1, 0.15) is 10.4 Å². The molecule has 3 nitrogen and oxygen atoms in total. The molecule has 0 aliphatic rings. The number of halogens is 4. The molecule has 0 atom stereocenters. The maximum atomic E-state index is 11.9. The van der Waals surface area contributed by atoms with Crippen LogP contribution in [0.25, 0.3) is 0 Å². The Morgan fingerprint density at radius 3 is 2.47 bits per heavy atom. The Morgan fingerprint density at radius 2 is 1.79 bits per heavy atom. The fourth-order valence-corrected chi connectivity index (χ4v) is 1.83. The van der Waals surface area contributed by atoms with Gasteiger partial charge >= 0.3 is 5.97 Å². The predicted octanol–water partition coefficient (Wildman–Crippen LogP) is 4.91. The third-order valence-electron chi connectivity index (χ3n) is 2.13. The monoisotopic (exact) mass is 335 g/mol. The number of rotatable bonds is 2. The van der Waals surface area contributed by atoms with E-state index in [1.807, 2.05) is 0 Å². The molecule has 1 heterocycles. The second-order valence-corrected chi connectivity index (χ2v) is 5.07. The summed E-state index contributed by atoms with van der Waals surface area (Å²) in [4.78, 5) is 15.6. The van der Waals surface area contributed by atoms with Crippen LogP contribution in [0.3, 0.4) is 0 Å². The summed E-state index contributed by atoms with van der Waals surface area (Å²) in [7, 11) is 0. The predicted molar refractivity (Wildman–Crippen MR) is 75.7 cm³/mol. The molecular formula is C12H5Cl4NO2. The van der Waals surface area contributed by atoms with Gasteiger partial charge in [-0.1, -0.05) is 46.4 Å². The molecule has 0 saturated heterocycles. The average Bonchev–Trinajstić information content (AvgIpc) is 2.37. The maximum absolute atomic E-state index is 11.9. The summed E-state index contributed by atoms with van der Waals surface area (Å²) in [6, 6.07) is 5.91. The van der Waals surface area contributed by atoms with E-state index in [1.165, 1.54) is 24.4 Å². The summed E-state index contributed by atoms with van der Waals surface area (Å²) in [5, 5.41) is 0.942. The van der Waals surface area contributed by atoms with Gasteiger partial charge in [0.1, 0.15) is 5.15 Å². The fraction of sp³-hybridized carbons (Fsp3) is 0. The molecule has 0 fully saturated rings. The van der Waals surface area contributed by atoms with Crippen LogP contribution in [0.5, 0.6) is 5.75 Å². The van der Waals surface area contributed by atoms with Crippen LogP contribution in [0.15, 0.2) is 30.5 Å². The first kappa shape index (κ1) is 14.4. The molecule has 0 radical (unpaired) electrons. The number of carbonyl (C=O) groups excluding carboxylic acids is 1. The second-order valence-electron chi connectivity index (χ2n) is 3.46. The zero-order chi connectivity index (χ0) is 14.0. The van der Waals surface area contributed by atoms with Crippen molar-refractivity contribution in [3.63, 3.8) is 0 Å². The molecule has 0 amide bonds. The van der Waals surface area contributed by atoms with Gasteiger partial charge in [0.2, 0.25) is 0 Å². The van der Waals surface area contributed by atoms with Crippen LogP contribution in [0.2, 0.25) is 20.2 Å². The Kier molecular flexibility index (Phi) is 4.53. The first-order valence-electron chi connectivity index (χ1n) is 4.95. The van der Waals surface area contributed by atoms with Crippen LogP contribution < -0.4 is 4.74 Å². The van der Waals surface area contributed by atoms with Gasteiger partial charge in [-0.05, 0) is 18.2 Å². The highest BCUT2D eigenvalue weighted by Crippen LogP contribution is 2.28. The minimum atomic E-state index is -0.657. The maximum Gasteiger partial charge on any atom is 0.345 e. The van der Waals surface area contributed by atoms with Crippen LogP contribution in [0, 0.1) is 0 Å². The Balaban J connectivity index is 2.25. The summed E-state index contributed by atoms with van der Waals surface area (Å²) in [5.41, 5.74) is 0.158. The third-order valence-corrected chi connectivity index (χ3v) is 3.36. The van der Waals surface area contributed by atoms with Gasteiger partial charge in [0, 0.05) is 17.3 Å². The number of esters is 1. The van der Waals surface area contributed by atoms with Crippen molar-refractivity contribution in [3.05, 3.63) is 56.2 Å². The van der Waals surface area contributed by atoms with Crippen molar-refractivity contribution >= 4 is 52.4 Å². The number of pyridine rings is 1. The molecule has 0 bridgehead atoms. The van der Waals surface area contributed by atoms with E-state index in [2.05, 4.69) is 4.98 Å². The number of ether oxygens (including phenoxy) is 1. The lowest BCUT2D eigenvalue weighted by atomic mass is 10.3. The molecule has 0 spiro atoms. The first-order chi connectivity index (χ1) is 8.97. The van der Waals surface area contributed by atoms with Gasteiger partial charge < -0.3 is 4.74 Å². The van der Waals surface area contributed by atoms with Gasteiger partial charge in [-0.15, -0.1) is 0 Å². The standard InChI is InChI=1S/C12H5Cl4NO2/c13-7-1-2-8(14)10(4-7)19-12(18)6-3-9(15)11(16)17-5-6/h1-5H. The van der Waals surface area contributed by atoms with Crippen molar-refractivity contribution in [3.8, 4) is 5.75 Å². The van der Waals surface area contributed by atoms with Gasteiger partial charge in [-0.2, -0.15) is 0 Å². The molecule has 1 aromatic carbocycles. The molecule has 1 aromatic heterocycles. The van der Waals surface area contributed by atoms with E-state index in [1.54, 1.807) is 6.07 Å². The van der Waals surface area contributed by atoms with Crippen molar-refractivity contribution in [2.75, 3.05) is 0 Å². The lowest BCUT2D eigenvalue weighted by molar-refractivity contribution is 0.0734. The molecule has 7 heteroatoms. The summed E-state index contributed by atoms with van der Waals surface area (Å²) < 4.78 is 5.11. The molecule has 0 N–H and O–H groups in total. The Morgan fingerprint density at radius 1 is 1.05 bits per heavy atom. The van der Waals surface area contributed by atoms with Gasteiger partial charge in [0.15, 0.2) is 5.75 Å². The van der Waals surface area contributed by atoms with Crippen molar-refractivity contribution < 1.29 is 9.53 Å². The van der Waals surface area contributed by atoms with E-state index >= 15 is 0 Å². The SMILES string of the molecule is O=C(Oc1cc(Cl)ccc1Cl)c1cnc(Cl)c(Cl)c1. The molecule has 0 aliphatic carbocycles. The number of benzene rings is 1. The number of hydrogen-bond acceptors (Lipinski definition) is 3. The minimum absolute atomic E-state index is 0.110. The van der Waals surface area contributed by atoms with Crippen LogP contribution in [0.4, 0.5) is 0 Å². The smallest absolute Gasteiger partial charge is 0.345 e. The van der Waals surface area contributed by atoms with E-state index in [0.29, 0.717) is 5.02 Å². The molecule has 2 rings (SSSR count). The molecule has 0 unspecified atom stereocenters. The van der Waals surface area contributed by atoms with E-state index < -0.39 is 5.97 Å². The Bertz CT molecular complexity index is 646. The summed E-state index contributed by atoms with van der Waals surface area (Å²) in [5.74, 6) is -0.500. The molecule has 98 valence electrons. The van der Waals surface area contributed by atoms with Crippen molar-refractivity contribution in [2.24, 2.45) is 0 Å². The van der Waals surface area contributed by atoms with Crippen molar-refractivity contribution in [1.29, 1.82) is 0 Å². The van der Waals surface area contributed by atoms with E-state index in [-0.39, 0.29) is 26.5 Å². The zero-order valence-corrected chi connectivity index (χ0v) is 12.2. The minimum Gasteiger partial charge on any atom is -0.421 e. The zero-order valence-electron chi connectivity index (χ0n) is 9.16. The van der Waals surface area contributed by atoms with E-state index in [9.17, 15) is 4.79 Å². The summed E-state index contributed by atoms with van der Waals surface area (Å²) >= 11 is 23.1. The van der Waals surface area contributed by atoms with Gasteiger partial charge in [0.25, 0.3) is 0 Å². The highest BCUT2D eigenvalue weighted by Gasteiger charge is 2.13. The van der Waals surface area contributed by atoms with Crippen LogP contribution in [-0.2, 0) is 0 Å². The van der Waals surface area contributed by atoms with Crippen molar-refractivity contribution in [2.45, 2.75) is 0 Å². The van der Waals surface area contributed by atoms with E-state index in [0.717, 1.165) is 0 Å². The third kappa shape index (κ3) is 3.51. The van der Waals surface area contributed by atoms with E-state index in [4.69, 9.17) is 51.1 Å². The normalized spacial score (nSPS) is 10.3. The highest BCUT2D eigenvalue weighted by atomic mass is 35.5.